The SMILES string of the molecule is Cc1ccc(NC(=O)Cc2csc(NC(=O)Nc3ccccc3)n2)cc1Cl. The lowest BCUT2D eigenvalue weighted by atomic mass is 10.2. The van der Waals surface area contributed by atoms with E-state index in [2.05, 4.69) is 20.9 Å². The topological polar surface area (TPSA) is 83.1 Å². The summed E-state index contributed by atoms with van der Waals surface area (Å²) in [5.41, 5.74) is 2.83. The van der Waals surface area contributed by atoms with Crippen LogP contribution in [0.15, 0.2) is 53.9 Å². The minimum atomic E-state index is -0.388. The van der Waals surface area contributed by atoms with Gasteiger partial charge in [0.15, 0.2) is 5.13 Å². The second-order valence-corrected chi connectivity index (χ2v) is 7.04. The Kier molecular flexibility index (Phi) is 6.05. The highest BCUT2D eigenvalue weighted by Crippen LogP contribution is 2.21. The van der Waals surface area contributed by atoms with Gasteiger partial charge < -0.3 is 10.6 Å². The van der Waals surface area contributed by atoms with Crippen molar-refractivity contribution >= 4 is 51.4 Å². The van der Waals surface area contributed by atoms with Crippen molar-refractivity contribution in [3.8, 4) is 0 Å². The summed E-state index contributed by atoms with van der Waals surface area (Å²) in [4.78, 5) is 28.4. The maximum atomic E-state index is 12.2. The number of nitrogens with one attached hydrogen (secondary N) is 3. The number of urea groups is 1. The first-order valence-electron chi connectivity index (χ1n) is 8.13. The number of carbonyl (C=O) groups is 2. The number of halogens is 1. The molecular weight excluding hydrogens is 384 g/mol. The number of benzene rings is 2. The van der Waals surface area contributed by atoms with Crippen LogP contribution in [0.25, 0.3) is 0 Å². The summed E-state index contributed by atoms with van der Waals surface area (Å²) in [6, 6.07) is 14.1. The first kappa shape index (κ1) is 18.9. The van der Waals surface area contributed by atoms with Crippen LogP contribution in [-0.4, -0.2) is 16.9 Å². The predicted octanol–water partition coefficient (Wildman–Crippen LogP) is 4.93. The number of nitrogens with zero attached hydrogens (tertiary/aromatic N) is 1. The summed E-state index contributed by atoms with van der Waals surface area (Å²) in [6.07, 6.45) is 0.101. The Labute approximate surface area is 165 Å². The second-order valence-electron chi connectivity index (χ2n) is 5.78. The number of thiazole rings is 1. The number of carbonyl (C=O) groups excluding carboxylic acids is 2. The molecule has 0 saturated carbocycles. The van der Waals surface area contributed by atoms with Crippen molar-refractivity contribution in [3.63, 3.8) is 0 Å². The third-order valence-corrected chi connectivity index (χ3v) is 4.81. The quantitative estimate of drug-likeness (QED) is 0.567. The van der Waals surface area contributed by atoms with Crippen LogP contribution < -0.4 is 16.0 Å². The predicted molar refractivity (Wildman–Crippen MR) is 110 cm³/mol. The van der Waals surface area contributed by atoms with Gasteiger partial charge in [-0.3, -0.25) is 10.1 Å². The normalized spacial score (nSPS) is 10.3. The smallest absolute Gasteiger partial charge is 0.325 e. The Balaban J connectivity index is 1.53. The largest absolute Gasteiger partial charge is 0.326 e. The zero-order chi connectivity index (χ0) is 19.2. The summed E-state index contributed by atoms with van der Waals surface area (Å²) >= 11 is 7.32. The average Bonchev–Trinajstić information content (AvgIpc) is 3.05. The number of anilines is 3. The van der Waals surface area contributed by atoms with E-state index in [4.69, 9.17) is 11.6 Å². The van der Waals surface area contributed by atoms with E-state index >= 15 is 0 Å². The van der Waals surface area contributed by atoms with Crippen LogP contribution in [0.5, 0.6) is 0 Å². The summed E-state index contributed by atoms with van der Waals surface area (Å²) in [5.74, 6) is -0.208. The lowest BCUT2D eigenvalue weighted by molar-refractivity contribution is -0.115. The maximum Gasteiger partial charge on any atom is 0.325 e. The molecule has 6 nitrogen and oxygen atoms in total. The second kappa shape index (κ2) is 8.66. The molecule has 3 N–H and O–H groups in total. The standard InChI is InChI=1S/C19H17ClN4O2S/c1-12-7-8-14(9-16(12)20)21-17(25)10-15-11-27-19(23-15)24-18(26)22-13-5-3-2-4-6-13/h2-9,11H,10H2,1H3,(H,21,25)(H2,22,23,24,26). The van der Waals surface area contributed by atoms with Gasteiger partial charge in [0, 0.05) is 21.8 Å². The third kappa shape index (κ3) is 5.54. The van der Waals surface area contributed by atoms with Crippen LogP contribution in [0.3, 0.4) is 0 Å². The van der Waals surface area contributed by atoms with Crippen molar-refractivity contribution in [2.24, 2.45) is 0 Å². The van der Waals surface area contributed by atoms with Crippen molar-refractivity contribution in [3.05, 3.63) is 70.2 Å². The van der Waals surface area contributed by atoms with E-state index in [9.17, 15) is 9.59 Å². The number of para-hydroxylation sites is 1. The fraction of sp³-hybridized carbons (Fsp3) is 0.105. The molecule has 0 aliphatic heterocycles. The zero-order valence-corrected chi connectivity index (χ0v) is 16.0. The number of rotatable bonds is 5. The molecule has 8 heteroatoms. The van der Waals surface area contributed by atoms with Gasteiger partial charge in [-0.25, -0.2) is 9.78 Å². The average molecular weight is 401 g/mol. The number of hydrogen-bond donors (Lipinski definition) is 3. The molecule has 2 aromatic carbocycles. The molecule has 0 atom stereocenters. The van der Waals surface area contributed by atoms with Crippen LogP contribution >= 0.6 is 22.9 Å². The van der Waals surface area contributed by atoms with Crippen LogP contribution in [0, 0.1) is 6.92 Å². The van der Waals surface area contributed by atoms with Gasteiger partial charge in [-0.2, -0.15) is 0 Å². The molecule has 3 rings (SSSR count). The van der Waals surface area contributed by atoms with Gasteiger partial charge >= 0.3 is 6.03 Å². The molecule has 0 spiro atoms. The molecule has 0 aliphatic carbocycles. The van der Waals surface area contributed by atoms with Gasteiger partial charge in [0.25, 0.3) is 0 Å². The monoisotopic (exact) mass is 400 g/mol. The molecule has 3 amide bonds. The first-order valence-corrected chi connectivity index (χ1v) is 9.39. The zero-order valence-electron chi connectivity index (χ0n) is 14.5. The van der Waals surface area contributed by atoms with Crippen LogP contribution in [-0.2, 0) is 11.2 Å². The molecule has 0 aliphatic rings. The Hall–Kier alpha value is -2.90. The summed E-state index contributed by atoms with van der Waals surface area (Å²) in [7, 11) is 0. The van der Waals surface area contributed by atoms with Crippen LogP contribution in [0.4, 0.5) is 21.3 Å². The van der Waals surface area contributed by atoms with E-state index in [1.807, 2.05) is 31.2 Å². The number of aryl methyl sites for hydroxylation is 1. The molecule has 3 aromatic rings. The maximum absolute atomic E-state index is 12.2. The van der Waals surface area contributed by atoms with Gasteiger partial charge in [-0.1, -0.05) is 35.9 Å². The Bertz CT molecular complexity index is 959. The molecule has 1 aromatic heterocycles. The highest BCUT2D eigenvalue weighted by molar-refractivity contribution is 7.14. The van der Waals surface area contributed by atoms with Crippen molar-refractivity contribution in [2.75, 3.05) is 16.0 Å². The number of aromatic nitrogens is 1. The van der Waals surface area contributed by atoms with E-state index in [1.54, 1.807) is 29.6 Å². The summed E-state index contributed by atoms with van der Waals surface area (Å²) in [5, 5.41) is 10.9. The van der Waals surface area contributed by atoms with E-state index < -0.39 is 0 Å². The molecule has 0 radical (unpaired) electrons. The van der Waals surface area contributed by atoms with E-state index in [0.717, 1.165) is 5.56 Å². The molecule has 27 heavy (non-hydrogen) atoms. The molecule has 0 unspecified atom stereocenters. The summed E-state index contributed by atoms with van der Waals surface area (Å²) < 4.78 is 0. The van der Waals surface area contributed by atoms with E-state index in [1.165, 1.54) is 11.3 Å². The van der Waals surface area contributed by atoms with Gasteiger partial charge in [0.1, 0.15) is 0 Å². The molecule has 0 saturated heterocycles. The minimum absolute atomic E-state index is 0.101. The summed E-state index contributed by atoms with van der Waals surface area (Å²) in [6.45, 7) is 1.89. The van der Waals surface area contributed by atoms with Crippen LogP contribution in [0.1, 0.15) is 11.3 Å². The number of hydrogen-bond acceptors (Lipinski definition) is 4. The Morgan fingerprint density at radius 1 is 1.04 bits per heavy atom. The number of amides is 3. The van der Waals surface area contributed by atoms with Crippen molar-refractivity contribution in [2.45, 2.75) is 13.3 Å². The molecule has 138 valence electrons. The van der Waals surface area contributed by atoms with Gasteiger partial charge in [0.05, 0.1) is 12.1 Å². The van der Waals surface area contributed by atoms with Gasteiger partial charge in [-0.05, 0) is 36.8 Å². The Morgan fingerprint density at radius 2 is 1.81 bits per heavy atom. The van der Waals surface area contributed by atoms with E-state index in [0.29, 0.717) is 27.2 Å². The van der Waals surface area contributed by atoms with Gasteiger partial charge in [0.2, 0.25) is 5.91 Å². The molecule has 0 fully saturated rings. The highest BCUT2D eigenvalue weighted by atomic mass is 35.5. The molecule has 0 bridgehead atoms. The minimum Gasteiger partial charge on any atom is -0.326 e. The molecule has 1 heterocycles. The lowest BCUT2D eigenvalue weighted by Gasteiger charge is -2.06. The Morgan fingerprint density at radius 3 is 2.56 bits per heavy atom. The lowest BCUT2D eigenvalue weighted by Crippen LogP contribution is -2.19. The van der Waals surface area contributed by atoms with Crippen molar-refractivity contribution in [1.29, 1.82) is 0 Å². The van der Waals surface area contributed by atoms with Crippen molar-refractivity contribution in [1.82, 2.24) is 4.98 Å². The van der Waals surface area contributed by atoms with Crippen molar-refractivity contribution < 1.29 is 9.59 Å². The fourth-order valence-electron chi connectivity index (χ4n) is 2.27. The fourth-order valence-corrected chi connectivity index (χ4v) is 3.15. The third-order valence-electron chi connectivity index (χ3n) is 3.60. The van der Waals surface area contributed by atoms with Gasteiger partial charge in [-0.15, -0.1) is 11.3 Å². The van der Waals surface area contributed by atoms with E-state index in [-0.39, 0.29) is 18.4 Å². The molecular formula is C19H17ClN4O2S. The highest BCUT2D eigenvalue weighted by Gasteiger charge is 2.11. The first-order chi connectivity index (χ1) is 13.0. The van der Waals surface area contributed by atoms with Crippen LogP contribution in [0.2, 0.25) is 5.02 Å².